The molecule has 12 heavy (non-hydrogen) atoms. The summed E-state index contributed by atoms with van der Waals surface area (Å²) in [5, 5.41) is 0. The van der Waals surface area contributed by atoms with Gasteiger partial charge in [-0.15, -0.1) is 0 Å². The molecule has 0 saturated carbocycles. The molecule has 0 saturated heterocycles. The van der Waals surface area contributed by atoms with Crippen LogP contribution < -0.4 is 0 Å². The van der Waals surface area contributed by atoms with E-state index in [1.807, 2.05) is 0 Å². The largest absolute Gasteiger partial charge is 0.469 e. The summed E-state index contributed by atoms with van der Waals surface area (Å²) in [5.41, 5.74) is 0. The molecular weight excluding hydrogens is 167 g/mol. The summed E-state index contributed by atoms with van der Waals surface area (Å²) in [6, 6.07) is 0. The molecule has 0 spiro atoms. The number of hydrogen-bond acceptors (Lipinski definition) is 4. The first kappa shape index (κ1) is 10.6. The zero-order chi connectivity index (χ0) is 9.56. The van der Waals surface area contributed by atoms with Crippen LogP contribution in [0, 0.1) is 0 Å². The van der Waals surface area contributed by atoms with Crippen LogP contribution in [0.15, 0.2) is 11.9 Å². The second kappa shape index (κ2) is 5.29. The zero-order valence-electron chi connectivity index (χ0n) is 6.80. The molecule has 0 aliphatic rings. The summed E-state index contributed by atoms with van der Waals surface area (Å²) in [4.78, 5) is 20.8. The summed E-state index contributed by atoms with van der Waals surface area (Å²) >= 11 is 0. The van der Waals surface area contributed by atoms with Crippen molar-refractivity contribution in [1.29, 1.82) is 0 Å². The standard InChI is InChI=1S/C7H9FO4/c1-11-6(9)3-5(8)4-7(10)12-2/h3H,4H2,1-2H3. The average Bonchev–Trinajstić information content (AvgIpc) is 2.03. The molecule has 0 fully saturated rings. The molecule has 0 N–H and O–H groups in total. The van der Waals surface area contributed by atoms with E-state index >= 15 is 0 Å². The molecule has 0 amide bonds. The van der Waals surface area contributed by atoms with Crippen LogP contribution in [0.25, 0.3) is 0 Å². The Bertz CT molecular complexity index is 209. The van der Waals surface area contributed by atoms with Gasteiger partial charge >= 0.3 is 11.9 Å². The average molecular weight is 176 g/mol. The van der Waals surface area contributed by atoms with Crippen molar-refractivity contribution in [2.24, 2.45) is 0 Å². The predicted octanol–water partition coefficient (Wildman–Crippen LogP) is 0.576. The van der Waals surface area contributed by atoms with E-state index < -0.39 is 24.2 Å². The molecule has 5 heteroatoms. The fraction of sp³-hybridized carbons (Fsp3) is 0.429. The van der Waals surface area contributed by atoms with Crippen LogP contribution in [0.1, 0.15) is 6.42 Å². The van der Waals surface area contributed by atoms with Crippen LogP contribution in [-0.2, 0) is 19.1 Å². The van der Waals surface area contributed by atoms with Gasteiger partial charge in [-0.05, 0) is 0 Å². The van der Waals surface area contributed by atoms with Crippen molar-refractivity contribution in [3.05, 3.63) is 11.9 Å². The lowest BCUT2D eigenvalue weighted by atomic mass is 10.3. The minimum absolute atomic E-state index is 0.550. The number of halogens is 1. The summed E-state index contributed by atoms with van der Waals surface area (Å²) in [6.45, 7) is 0. The maximum atomic E-state index is 12.5. The highest BCUT2D eigenvalue weighted by Crippen LogP contribution is 2.03. The molecule has 0 atom stereocenters. The van der Waals surface area contributed by atoms with Crippen molar-refractivity contribution in [2.45, 2.75) is 6.42 Å². The van der Waals surface area contributed by atoms with E-state index in [4.69, 9.17) is 0 Å². The molecular formula is C7H9FO4. The van der Waals surface area contributed by atoms with E-state index in [1.54, 1.807) is 0 Å². The van der Waals surface area contributed by atoms with Crippen LogP contribution in [-0.4, -0.2) is 26.2 Å². The molecule has 0 aliphatic carbocycles. The quantitative estimate of drug-likeness (QED) is 0.466. The Morgan fingerprint density at radius 3 is 2.33 bits per heavy atom. The molecule has 4 nitrogen and oxygen atoms in total. The molecule has 0 heterocycles. The zero-order valence-corrected chi connectivity index (χ0v) is 6.80. The van der Waals surface area contributed by atoms with Crippen molar-refractivity contribution in [3.63, 3.8) is 0 Å². The van der Waals surface area contributed by atoms with Crippen LogP contribution in [0.5, 0.6) is 0 Å². The highest BCUT2D eigenvalue weighted by molar-refractivity contribution is 5.83. The van der Waals surface area contributed by atoms with Gasteiger partial charge in [0.2, 0.25) is 0 Å². The Kier molecular flexibility index (Phi) is 4.67. The van der Waals surface area contributed by atoms with Gasteiger partial charge in [0, 0.05) is 0 Å². The highest BCUT2D eigenvalue weighted by Gasteiger charge is 2.06. The monoisotopic (exact) mass is 176 g/mol. The predicted molar refractivity (Wildman–Crippen MR) is 37.8 cm³/mol. The van der Waals surface area contributed by atoms with Gasteiger partial charge in [-0.3, -0.25) is 4.79 Å². The molecule has 0 aromatic carbocycles. The highest BCUT2D eigenvalue weighted by atomic mass is 19.1. The van der Waals surface area contributed by atoms with Gasteiger partial charge in [-0.1, -0.05) is 0 Å². The molecule has 68 valence electrons. The van der Waals surface area contributed by atoms with Crippen molar-refractivity contribution in [3.8, 4) is 0 Å². The Labute approximate surface area is 69.0 Å². The summed E-state index contributed by atoms with van der Waals surface area (Å²) < 4.78 is 20.8. The van der Waals surface area contributed by atoms with Gasteiger partial charge in [0.1, 0.15) is 5.83 Å². The fourth-order valence-electron chi connectivity index (χ4n) is 0.448. The lowest BCUT2D eigenvalue weighted by Crippen LogP contribution is -2.02. The first-order chi connectivity index (χ1) is 5.60. The van der Waals surface area contributed by atoms with E-state index in [1.165, 1.54) is 0 Å². The number of hydrogen-bond donors (Lipinski definition) is 0. The Balaban J connectivity index is 4.02. The number of methoxy groups -OCH3 is 2. The normalized spacial score (nSPS) is 10.8. The van der Waals surface area contributed by atoms with Crippen molar-refractivity contribution < 1.29 is 23.5 Å². The SMILES string of the molecule is COC(=O)C=C(F)CC(=O)OC. The number of ether oxygens (including phenoxy) is 2. The molecule has 0 bridgehead atoms. The Hall–Kier alpha value is -1.39. The van der Waals surface area contributed by atoms with E-state index in [2.05, 4.69) is 9.47 Å². The van der Waals surface area contributed by atoms with Crippen LogP contribution in [0.3, 0.4) is 0 Å². The number of esters is 2. The van der Waals surface area contributed by atoms with Gasteiger partial charge in [-0.25, -0.2) is 9.18 Å². The molecule has 0 aromatic rings. The third-order valence-corrected chi connectivity index (χ3v) is 1.02. The van der Waals surface area contributed by atoms with Gasteiger partial charge in [0.05, 0.1) is 26.7 Å². The maximum Gasteiger partial charge on any atom is 0.333 e. The lowest BCUT2D eigenvalue weighted by Gasteiger charge is -1.95. The van der Waals surface area contributed by atoms with Gasteiger partial charge in [-0.2, -0.15) is 0 Å². The van der Waals surface area contributed by atoms with Crippen molar-refractivity contribution in [1.82, 2.24) is 0 Å². The molecule has 0 rings (SSSR count). The fourth-order valence-corrected chi connectivity index (χ4v) is 0.448. The summed E-state index contributed by atoms with van der Waals surface area (Å²) in [6.07, 6.45) is 0.0442. The number of rotatable bonds is 3. The first-order valence-corrected chi connectivity index (χ1v) is 3.11. The van der Waals surface area contributed by atoms with E-state index in [0.29, 0.717) is 6.08 Å². The minimum atomic E-state index is -0.881. The van der Waals surface area contributed by atoms with Crippen LogP contribution in [0.4, 0.5) is 4.39 Å². The molecule has 0 unspecified atom stereocenters. The van der Waals surface area contributed by atoms with Crippen LogP contribution >= 0.6 is 0 Å². The smallest absolute Gasteiger partial charge is 0.333 e. The van der Waals surface area contributed by atoms with Gasteiger partial charge < -0.3 is 9.47 Å². The number of carbonyl (C=O) groups is 2. The molecule has 0 radical (unpaired) electrons. The summed E-state index contributed by atoms with van der Waals surface area (Å²) in [7, 11) is 2.25. The number of carbonyl (C=O) groups excluding carboxylic acids is 2. The third-order valence-electron chi connectivity index (χ3n) is 1.02. The Morgan fingerprint density at radius 1 is 1.33 bits per heavy atom. The maximum absolute atomic E-state index is 12.5. The van der Waals surface area contributed by atoms with Crippen molar-refractivity contribution in [2.75, 3.05) is 14.2 Å². The first-order valence-electron chi connectivity index (χ1n) is 3.11. The summed E-state index contributed by atoms with van der Waals surface area (Å²) in [5.74, 6) is -2.46. The minimum Gasteiger partial charge on any atom is -0.469 e. The van der Waals surface area contributed by atoms with Crippen molar-refractivity contribution >= 4 is 11.9 Å². The molecule has 0 aromatic heterocycles. The van der Waals surface area contributed by atoms with E-state index in [9.17, 15) is 14.0 Å². The second-order valence-electron chi connectivity index (χ2n) is 1.87. The van der Waals surface area contributed by atoms with Crippen LogP contribution in [0.2, 0.25) is 0 Å². The second-order valence-corrected chi connectivity index (χ2v) is 1.87. The lowest BCUT2D eigenvalue weighted by molar-refractivity contribution is -0.140. The Morgan fingerprint density at radius 2 is 1.92 bits per heavy atom. The molecule has 0 aliphatic heterocycles. The van der Waals surface area contributed by atoms with E-state index in [0.717, 1.165) is 14.2 Å². The van der Waals surface area contributed by atoms with Gasteiger partial charge in [0.25, 0.3) is 0 Å². The van der Waals surface area contributed by atoms with E-state index in [-0.39, 0.29) is 0 Å². The third kappa shape index (κ3) is 4.43. The van der Waals surface area contributed by atoms with Gasteiger partial charge in [0.15, 0.2) is 0 Å². The topological polar surface area (TPSA) is 52.6 Å².